The number of nitrogens with two attached hydrogens (primary N) is 1. The van der Waals surface area contributed by atoms with Crippen LogP contribution in [0.15, 0.2) is 11.6 Å². The van der Waals surface area contributed by atoms with Crippen molar-refractivity contribution in [1.29, 1.82) is 0 Å². The molecule has 2 aromatic rings. The molecule has 0 aliphatic carbocycles. The summed E-state index contributed by atoms with van der Waals surface area (Å²) in [6.45, 7) is 0.573. The van der Waals surface area contributed by atoms with Gasteiger partial charge in [0.1, 0.15) is 0 Å². The van der Waals surface area contributed by atoms with Gasteiger partial charge in [0, 0.05) is 11.9 Å². The van der Waals surface area contributed by atoms with E-state index in [1.54, 1.807) is 0 Å². The molecule has 1 amide bonds. The maximum atomic E-state index is 11.5. The fourth-order valence-corrected chi connectivity index (χ4v) is 1.91. The third-order valence-electron chi connectivity index (χ3n) is 2.11. The summed E-state index contributed by atoms with van der Waals surface area (Å²) in [5.74, 6) is -0.225. The molecule has 0 unspecified atom stereocenters. The Morgan fingerprint density at radius 1 is 1.59 bits per heavy atom. The summed E-state index contributed by atoms with van der Waals surface area (Å²) in [5.41, 5.74) is 6.77. The minimum Gasteiger partial charge on any atom is -0.375 e. The number of nitrogen functional groups attached to an aromatic ring is 1. The van der Waals surface area contributed by atoms with Crippen LogP contribution in [0.5, 0.6) is 0 Å². The van der Waals surface area contributed by atoms with Crippen molar-refractivity contribution < 1.29 is 4.79 Å². The molecule has 4 N–H and O–H groups in total. The van der Waals surface area contributed by atoms with Crippen molar-refractivity contribution >= 4 is 22.4 Å². The summed E-state index contributed by atoms with van der Waals surface area (Å²) in [6, 6.07) is 0. The first-order valence-electron chi connectivity index (χ1n) is 5.09. The van der Waals surface area contributed by atoms with E-state index in [0.29, 0.717) is 17.4 Å². The van der Waals surface area contributed by atoms with Crippen LogP contribution >= 0.6 is 11.3 Å². The Kier molecular flexibility index (Phi) is 3.66. The lowest BCUT2D eigenvalue weighted by Gasteiger charge is -2.01. The van der Waals surface area contributed by atoms with Crippen LogP contribution in [0.4, 0.5) is 5.13 Å². The highest BCUT2D eigenvalue weighted by Crippen LogP contribution is 2.12. The smallest absolute Gasteiger partial charge is 0.273 e. The number of rotatable bonds is 5. The van der Waals surface area contributed by atoms with Gasteiger partial charge in [0.15, 0.2) is 10.8 Å². The van der Waals surface area contributed by atoms with Gasteiger partial charge in [-0.2, -0.15) is 15.4 Å². The second kappa shape index (κ2) is 5.39. The van der Waals surface area contributed by atoms with Gasteiger partial charge in [-0.3, -0.25) is 4.79 Å². The average Bonchev–Trinajstić information content (AvgIpc) is 2.95. The number of thiazole rings is 1. The Labute approximate surface area is 101 Å². The maximum absolute atomic E-state index is 11.5. The molecule has 0 spiro atoms. The molecule has 0 bridgehead atoms. The quantitative estimate of drug-likeness (QED) is 0.659. The first-order chi connectivity index (χ1) is 8.25. The van der Waals surface area contributed by atoms with E-state index in [1.807, 2.05) is 5.38 Å². The van der Waals surface area contributed by atoms with Crippen molar-refractivity contribution in [2.24, 2.45) is 0 Å². The molecule has 7 nitrogen and oxygen atoms in total. The van der Waals surface area contributed by atoms with Crippen LogP contribution in [0.3, 0.4) is 0 Å². The Balaban J connectivity index is 1.68. The van der Waals surface area contributed by atoms with Gasteiger partial charge in [0.05, 0.1) is 11.9 Å². The minimum absolute atomic E-state index is 0.225. The van der Waals surface area contributed by atoms with Crippen molar-refractivity contribution in [3.63, 3.8) is 0 Å². The lowest BCUT2D eigenvalue weighted by molar-refractivity contribution is 0.0948. The summed E-state index contributed by atoms with van der Waals surface area (Å²) in [4.78, 5) is 15.6. The van der Waals surface area contributed by atoms with Gasteiger partial charge in [-0.1, -0.05) is 0 Å². The summed E-state index contributed by atoms with van der Waals surface area (Å²) < 4.78 is 0. The number of hydrogen-bond acceptors (Lipinski definition) is 6. The van der Waals surface area contributed by atoms with Gasteiger partial charge in [0.2, 0.25) is 0 Å². The zero-order chi connectivity index (χ0) is 12.1. The van der Waals surface area contributed by atoms with Crippen LogP contribution in [0.25, 0.3) is 0 Å². The predicted molar refractivity (Wildman–Crippen MR) is 63.6 cm³/mol. The predicted octanol–water partition coefficient (Wildman–Crippen LogP) is 0.206. The lowest BCUT2D eigenvalue weighted by atomic mass is 10.2. The lowest BCUT2D eigenvalue weighted by Crippen LogP contribution is -2.25. The Morgan fingerprint density at radius 3 is 3.12 bits per heavy atom. The molecular weight excluding hydrogens is 240 g/mol. The molecule has 0 fully saturated rings. The van der Waals surface area contributed by atoms with Crippen molar-refractivity contribution in [2.45, 2.75) is 12.8 Å². The Bertz CT molecular complexity index is 479. The molecule has 0 saturated carbocycles. The van der Waals surface area contributed by atoms with E-state index in [4.69, 9.17) is 5.73 Å². The molecule has 0 aliphatic heterocycles. The first kappa shape index (κ1) is 11.5. The van der Waals surface area contributed by atoms with Crippen LogP contribution in [0.1, 0.15) is 22.6 Å². The third kappa shape index (κ3) is 3.25. The SMILES string of the molecule is Nc1nc(CCCNC(=O)c2cn[nH]n2)cs1. The summed E-state index contributed by atoms with van der Waals surface area (Å²) >= 11 is 1.42. The van der Waals surface area contributed by atoms with E-state index in [-0.39, 0.29) is 5.91 Å². The van der Waals surface area contributed by atoms with Gasteiger partial charge < -0.3 is 11.1 Å². The molecule has 2 heterocycles. The van der Waals surface area contributed by atoms with Gasteiger partial charge >= 0.3 is 0 Å². The van der Waals surface area contributed by atoms with Crippen LogP contribution in [0, 0.1) is 0 Å². The zero-order valence-corrected chi connectivity index (χ0v) is 9.83. The number of carbonyl (C=O) groups excluding carboxylic acids is 1. The molecule has 0 aromatic carbocycles. The van der Waals surface area contributed by atoms with Crippen LogP contribution in [-0.4, -0.2) is 32.8 Å². The van der Waals surface area contributed by atoms with Crippen molar-refractivity contribution in [2.75, 3.05) is 12.3 Å². The van der Waals surface area contributed by atoms with E-state index in [0.717, 1.165) is 18.5 Å². The molecule has 8 heteroatoms. The normalized spacial score (nSPS) is 10.4. The molecule has 17 heavy (non-hydrogen) atoms. The zero-order valence-electron chi connectivity index (χ0n) is 9.01. The van der Waals surface area contributed by atoms with Crippen molar-refractivity contribution in [3.05, 3.63) is 23.0 Å². The van der Waals surface area contributed by atoms with Crippen LogP contribution < -0.4 is 11.1 Å². The van der Waals surface area contributed by atoms with Crippen LogP contribution in [0.2, 0.25) is 0 Å². The second-order valence-electron chi connectivity index (χ2n) is 3.39. The van der Waals surface area contributed by atoms with E-state index in [1.165, 1.54) is 17.5 Å². The van der Waals surface area contributed by atoms with Crippen LogP contribution in [-0.2, 0) is 6.42 Å². The van der Waals surface area contributed by atoms with Gasteiger partial charge in [-0.25, -0.2) is 4.98 Å². The minimum atomic E-state index is -0.225. The number of nitrogens with zero attached hydrogens (tertiary/aromatic N) is 3. The Hall–Kier alpha value is -1.96. The molecule has 2 rings (SSSR count). The van der Waals surface area contributed by atoms with Gasteiger partial charge in [0.25, 0.3) is 5.91 Å². The highest BCUT2D eigenvalue weighted by molar-refractivity contribution is 7.13. The number of aromatic nitrogens is 4. The van der Waals surface area contributed by atoms with E-state index in [2.05, 4.69) is 25.7 Å². The number of amides is 1. The van der Waals surface area contributed by atoms with Gasteiger partial charge in [-0.15, -0.1) is 11.3 Å². The van der Waals surface area contributed by atoms with E-state index >= 15 is 0 Å². The molecule has 0 aliphatic rings. The maximum Gasteiger partial charge on any atom is 0.273 e. The average molecular weight is 252 g/mol. The number of hydrogen-bond donors (Lipinski definition) is 3. The standard InChI is InChI=1S/C9H12N6OS/c10-9-13-6(5-17-9)2-1-3-11-8(16)7-4-12-15-14-7/h4-5H,1-3H2,(H2,10,13)(H,11,16)(H,12,14,15). The highest BCUT2D eigenvalue weighted by Gasteiger charge is 2.07. The summed E-state index contributed by atoms with van der Waals surface area (Å²) in [6.07, 6.45) is 3.00. The fourth-order valence-electron chi connectivity index (χ4n) is 1.31. The first-order valence-corrected chi connectivity index (χ1v) is 5.97. The number of aromatic amines is 1. The number of aryl methyl sites for hydroxylation is 1. The molecule has 0 atom stereocenters. The molecule has 0 radical (unpaired) electrons. The monoisotopic (exact) mass is 252 g/mol. The number of nitrogens with one attached hydrogen (secondary N) is 2. The number of H-pyrrole nitrogens is 1. The summed E-state index contributed by atoms with van der Waals surface area (Å²) in [5, 5.41) is 14.9. The Morgan fingerprint density at radius 2 is 2.47 bits per heavy atom. The number of carbonyl (C=O) groups is 1. The topological polar surface area (TPSA) is 110 Å². The van der Waals surface area contributed by atoms with E-state index in [9.17, 15) is 4.79 Å². The molecule has 90 valence electrons. The molecule has 0 saturated heterocycles. The van der Waals surface area contributed by atoms with Gasteiger partial charge in [-0.05, 0) is 12.8 Å². The van der Waals surface area contributed by atoms with E-state index < -0.39 is 0 Å². The molecular formula is C9H12N6OS. The highest BCUT2D eigenvalue weighted by atomic mass is 32.1. The molecule has 2 aromatic heterocycles. The number of anilines is 1. The van der Waals surface area contributed by atoms with Crippen molar-refractivity contribution in [1.82, 2.24) is 25.7 Å². The van der Waals surface area contributed by atoms with Crippen molar-refractivity contribution in [3.8, 4) is 0 Å². The third-order valence-corrected chi connectivity index (χ3v) is 2.84. The largest absolute Gasteiger partial charge is 0.375 e. The fraction of sp³-hybridized carbons (Fsp3) is 0.333. The summed E-state index contributed by atoms with van der Waals surface area (Å²) in [7, 11) is 0. The second-order valence-corrected chi connectivity index (χ2v) is 4.28.